The molecule has 0 bridgehead atoms. The maximum Gasteiger partial charge on any atom is 0.252 e. The molecule has 2 aliphatic rings. The summed E-state index contributed by atoms with van der Waals surface area (Å²) in [5.41, 5.74) is 5.21. The van der Waals surface area contributed by atoms with Gasteiger partial charge in [-0.3, -0.25) is 19.2 Å². The standard InChI is InChI=1S/C18H29N3O5/c1-4-10(2)16(24)18(26)21-9-13(22)15-12(21)7-8-20(15)14(23)6-5-11(3)17(19)25/h10-12,15-16,24H,4-9H2,1-3H3,(H2,19,25). The highest BCUT2D eigenvalue weighted by Crippen LogP contribution is 2.31. The number of ketones is 1. The number of Topliss-reactive ketones (excluding diaryl/α,β-unsaturated/α-hetero) is 1. The van der Waals surface area contributed by atoms with Crippen LogP contribution in [0, 0.1) is 11.8 Å². The highest BCUT2D eigenvalue weighted by molar-refractivity contribution is 5.98. The van der Waals surface area contributed by atoms with Gasteiger partial charge in [0, 0.05) is 18.9 Å². The number of likely N-dealkylation sites (tertiary alicyclic amines) is 2. The zero-order valence-corrected chi connectivity index (χ0v) is 15.7. The van der Waals surface area contributed by atoms with Gasteiger partial charge in [-0.1, -0.05) is 27.2 Å². The minimum absolute atomic E-state index is 0.0663. The zero-order chi connectivity index (χ0) is 19.6. The summed E-state index contributed by atoms with van der Waals surface area (Å²) in [6, 6.07) is -1.01. The lowest BCUT2D eigenvalue weighted by molar-refractivity contribution is -0.144. The molecule has 2 fully saturated rings. The largest absolute Gasteiger partial charge is 0.383 e. The van der Waals surface area contributed by atoms with Crippen LogP contribution >= 0.6 is 0 Å². The van der Waals surface area contributed by atoms with Crippen LogP contribution < -0.4 is 5.73 Å². The molecule has 146 valence electrons. The fourth-order valence-corrected chi connectivity index (χ4v) is 3.65. The van der Waals surface area contributed by atoms with Crippen LogP contribution in [0.25, 0.3) is 0 Å². The molecule has 2 saturated heterocycles. The van der Waals surface area contributed by atoms with E-state index in [1.807, 2.05) is 6.92 Å². The average Bonchev–Trinajstić information content (AvgIpc) is 3.18. The van der Waals surface area contributed by atoms with Gasteiger partial charge in [-0.15, -0.1) is 0 Å². The van der Waals surface area contributed by atoms with E-state index in [1.54, 1.807) is 13.8 Å². The number of amides is 3. The maximum atomic E-state index is 12.6. The number of nitrogens with zero attached hydrogens (tertiary/aromatic N) is 2. The molecule has 2 rings (SSSR count). The minimum atomic E-state index is -1.13. The number of fused-ring (bicyclic) bond motifs is 1. The number of nitrogens with two attached hydrogens (primary N) is 1. The fraction of sp³-hybridized carbons (Fsp3) is 0.778. The Kier molecular flexibility index (Phi) is 6.39. The maximum absolute atomic E-state index is 12.6. The Bertz CT molecular complexity index is 593. The fourth-order valence-electron chi connectivity index (χ4n) is 3.65. The molecule has 0 aromatic carbocycles. The van der Waals surface area contributed by atoms with Gasteiger partial charge in [-0.2, -0.15) is 0 Å². The Morgan fingerprint density at radius 1 is 1.27 bits per heavy atom. The monoisotopic (exact) mass is 367 g/mol. The lowest BCUT2D eigenvalue weighted by Gasteiger charge is -2.27. The SMILES string of the molecule is CCC(C)C(O)C(=O)N1CC(=O)C2C1CCN2C(=O)CCC(C)C(N)=O. The van der Waals surface area contributed by atoms with Gasteiger partial charge < -0.3 is 20.6 Å². The average molecular weight is 367 g/mol. The molecule has 2 aliphatic heterocycles. The molecule has 8 nitrogen and oxygen atoms in total. The van der Waals surface area contributed by atoms with Crippen molar-refractivity contribution in [3.63, 3.8) is 0 Å². The van der Waals surface area contributed by atoms with E-state index in [0.717, 1.165) is 0 Å². The molecule has 2 heterocycles. The normalized spacial score (nSPS) is 25.8. The van der Waals surface area contributed by atoms with E-state index in [2.05, 4.69) is 0 Å². The van der Waals surface area contributed by atoms with Gasteiger partial charge in [0.15, 0.2) is 5.78 Å². The van der Waals surface area contributed by atoms with Crippen LogP contribution in [0.5, 0.6) is 0 Å². The van der Waals surface area contributed by atoms with Crippen molar-refractivity contribution in [1.29, 1.82) is 0 Å². The highest BCUT2D eigenvalue weighted by atomic mass is 16.3. The third-order valence-corrected chi connectivity index (χ3v) is 5.74. The molecule has 3 N–H and O–H groups in total. The second-order valence-electron chi connectivity index (χ2n) is 7.49. The van der Waals surface area contributed by atoms with Crippen LogP contribution in [0.15, 0.2) is 0 Å². The molecular formula is C18H29N3O5. The van der Waals surface area contributed by atoms with E-state index in [-0.39, 0.29) is 36.6 Å². The molecule has 26 heavy (non-hydrogen) atoms. The highest BCUT2D eigenvalue weighted by Gasteiger charge is 2.52. The second kappa shape index (κ2) is 8.16. The number of rotatable bonds is 7. The molecule has 0 radical (unpaired) electrons. The molecule has 0 aromatic heterocycles. The molecule has 0 spiro atoms. The summed E-state index contributed by atoms with van der Waals surface area (Å²) >= 11 is 0. The van der Waals surface area contributed by atoms with E-state index in [4.69, 9.17) is 5.73 Å². The van der Waals surface area contributed by atoms with E-state index in [0.29, 0.717) is 25.8 Å². The smallest absolute Gasteiger partial charge is 0.252 e. The molecule has 8 heteroatoms. The molecule has 0 saturated carbocycles. The van der Waals surface area contributed by atoms with Crippen molar-refractivity contribution in [3.8, 4) is 0 Å². The molecule has 0 aliphatic carbocycles. The van der Waals surface area contributed by atoms with Crippen molar-refractivity contribution in [2.24, 2.45) is 17.6 Å². The lowest BCUT2D eigenvalue weighted by atomic mass is 10.0. The second-order valence-corrected chi connectivity index (χ2v) is 7.49. The quantitative estimate of drug-likeness (QED) is 0.638. The Morgan fingerprint density at radius 3 is 2.50 bits per heavy atom. The predicted octanol–water partition coefficient (Wildman–Crippen LogP) is -0.324. The summed E-state index contributed by atoms with van der Waals surface area (Å²) in [7, 11) is 0. The summed E-state index contributed by atoms with van der Waals surface area (Å²) in [4.78, 5) is 51.6. The van der Waals surface area contributed by atoms with Crippen molar-refractivity contribution in [1.82, 2.24) is 9.80 Å². The summed E-state index contributed by atoms with van der Waals surface area (Å²) in [6.07, 6.45) is 0.529. The van der Waals surface area contributed by atoms with Crippen molar-refractivity contribution < 1.29 is 24.3 Å². The molecule has 5 atom stereocenters. The Morgan fingerprint density at radius 2 is 1.92 bits per heavy atom. The van der Waals surface area contributed by atoms with Gasteiger partial charge in [-0.05, 0) is 18.8 Å². The number of aliphatic hydroxyl groups is 1. The van der Waals surface area contributed by atoms with Crippen LogP contribution in [0.1, 0.15) is 46.5 Å². The molecular weight excluding hydrogens is 338 g/mol. The summed E-state index contributed by atoms with van der Waals surface area (Å²) in [6.45, 7) is 5.68. The zero-order valence-electron chi connectivity index (χ0n) is 15.7. The molecule has 3 amide bonds. The van der Waals surface area contributed by atoms with Crippen LogP contribution in [0.2, 0.25) is 0 Å². The first-order valence-electron chi connectivity index (χ1n) is 9.29. The minimum Gasteiger partial charge on any atom is -0.383 e. The topological polar surface area (TPSA) is 121 Å². The molecule has 0 aromatic rings. The first-order valence-corrected chi connectivity index (χ1v) is 9.29. The van der Waals surface area contributed by atoms with Crippen molar-refractivity contribution in [3.05, 3.63) is 0 Å². The van der Waals surface area contributed by atoms with E-state index in [9.17, 15) is 24.3 Å². The van der Waals surface area contributed by atoms with Crippen molar-refractivity contribution in [2.75, 3.05) is 13.1 Å². The van der Waals surface area contributed by atoms with E-state index in [1.165, 1.54) is 9.80 Å². The van der Waals surface area contributed by atoms with Gasteiger partial charge in [0.25, 0.3) is 5.91 Å². The summed E-state index contributed by atoms with van der Waals surface area (Å²) in [5, 5.41) is 10.2. The van der Waals surface area contributed by atoms with Crippen molar-refractivity contribution >= 4 is 23.5 Å². The van der Waals surface area contributed by atoms with E-state index >= 15 is 0 Å². The van der Waals surface area contributed by atoms with Crippen LogP contribution in [0.3, 0.4) is 0 Å². The summed E-state index contributed by atoms with van der Waals surface area (Å²) < 4.78 is 0. The number of primary amides is 1. The Balaban J connectivity index is 2.03. The van der Waals surface area contributed by atoms with Crippen molar-refractivity contribution in [2.45, 2.75) is 64.6 Å². The van der Waals surface area contributed by atoms with Gasteiger partial charge in [0.2, 0.25) is 11.8 Å². The van der Waals surface area contributed by atoms with Gasteiger partial charge >= 0.3 is 0 Å². The number of carbonyl (C=O) groups is 4. The van der Waals surface area contributed by atoms with Gasteiger partial charge in [0.05, 0.1) is 12.6 Å². The lowest BCUT2D eigenvalue weighted by Crippen LogP contribution is -2.47. The Hall–Kier alpha value is -1.96. The van der Waals surface area contributed by atoms with Crippen LogP contribution in [-0.2, 0) is 19.2 Å². The predicted molar refractivity (Wildman–Crippen MR) is 93.7 cm³/mol. The van der Waals surface area contributed by atoms with E-state index < -0.39 is 29.9 Å². The third-order valence-electron chi connectivity index (χ3n) is 5.74. The van der Waals surface area contributed by atoms with Crippen LogP contribution in [-0.4, -0.2) is 69.7 Å². The van der Waals surface area contributed by atoms with Gasteiger partial charge in [0.1, 0.15) is 12.1 Å². The van der Waals surface area contributed by atoms with Gasteiger partial charge in [-0.25, -0.2) is 0 Å². The molecule has 5 unspecified atom stereocenters. The number of aliphatic hydroxyl groups excluding tert-OH is 1. The third kappa shape index (κ3) is 3.90. The first kappa shape index (κ1) is 20.4. The van der Waals surface area contributed by atoms with Crippen LogP contribution in [0.4, 0.5) is 0 Å². The Labute approximate surface area is 153 Å². The number of hydrogen-bond acceptors (Lipinski definition) is 5. The summed E-state index contributed by atoms with van der Waals surface area (Å²) in [5.74, 6) is -1.85. The number of hydrogen-bond donors (Lipinski definition) is 2. The first-order chi connectivity index (χ1) is 12.2. The number of carbonyl (C=O) groups excluding carboxylic acids is 4.